The minimum absolute atomic E-state index is 0.204. The average molecular weight is 529 g/mol. The van der Waals surface area contributed by atoms with Gasteiger partial charge in [-0.3, -0.25) is 4.79 Å². The van der Waals surface area contributed by atoms with Crippen molar-refractivity contribution < 1.29 is 4.79 Å². The summed E-state index contributed by atoms with van der Waals surface area (Å²) in [6.07, 6.45) is 10.6. The van der Waals surface area contributed by atoms with Crippen LogP contribution in [0.15, 0.2) is 95.5 Å². The molecule has 0 fully saturated rings. The molecule has 9 heteroatoms. The smallest absolute Gasteiger partial charge is 0.280 e. The van der Waals surface area contributed by atoms with Crippen LogP contribution in [0.4, 0.5) is 5.69 Å². The van der Waals surface area contributed by atoms with Crippen molar-refractivity contribution in [1.82, 2.24) is 14.9 Å². The fourth-order valence-corrected chi connectivity index (χ4v) is 4.00. The molecule has 0 radical (unpaired) electrons. The predicted octanol–water partition coefficient (Wildman–Crippen LogP) is 5.38. The normalized spacial score (nSPS) is 16.3. The number of halogens is 2. The molecule has 0 saturated heterocycles. The van der Waals surface area contributed by atoms with Crippen LogP contribution in [0.25, 0.3) is 0 Å². The third kappa shape index (κ3) is 6.89. The van der Waals surface area contributed by atoms with E-state index in [1.54, 1.807) is 67.1 Å². The summed E-state index contributed by atoms with van der Waals surface area (Å²) in [6, 6.07) is 15.5. The molecule has 7 nitrogen and oxygen atoms in total. The van der Waals surface area contributed by atoms with Crippen molar-refractivity contribution in [2.45, 2.75) is 19.0 Å². The first-order valence-corrected chi connectivity index (χ1v) is 12.0. The number of amides is 1. The summed E-state index contributed by atoms with van der Waals surface area (Å²) >= 11 is 12.2. The Balaban J connectivity index is 1.73. The van der Waals surface area contributed by atoms with Crippen LogP contribution in [0.3, 0.4) is 0 Å². The van der Waals surface area contributed by atoms with E-state index in [9.17, 15) is 10.1 Å². The monoisotopic (exact) mass is 528 g/mol. The van der Waals surface area contributed by atoms with E-state index in [4.69, 9.17) is 23.2 Å². The maximum atomic E-state index is 13.2. The molecule has 1 heterocycles. The summed E-state index contributed by atoms with van der Waals surface area (Å²) in [7, 11) is 0. The van der Waals surface area contributed by atoms with E-state index in [1.165, 1.54) is 6.07 Å². The van der Waals surface area contributed by atoms with E-state index in [0.29, 0.717) is 27.9 Å². The lowest BCUT2D eigenvalue weighted by Gasteiger charge is -2.36. The molecule has 0 aliphatic heterocycles. The van der Waals surface area contributed by atoms with Crippen LogP contribution in [0.5, 0.6) is 0 Å². The van der Waals surface area contributed by atoms with Gasteiger partial charge in [-0.1, -0.05) is 47.2 Å². The minimum atomic E-state index is -0.757. The lowest BCUT2D eigenvalue weighted by Crippen LogP contribution is -2.55. The fraction of sp³-hybridized carbons (Fsp3) is 0.143. The summed E-state index contributed by atoms with van der Waals surface area (Å²) in [4.78, 5) is 21.7. The van der Waals surface area contributed by atoms with Gasteiger partial charge < -0.3 is 15.2 Å². The molecule has 4 rings (SSSR count). The highest BCUT2D eigenvalue weighted by Gasteiger charge is 2.34. The van der Waals surface area contributed by atoms with Gasteiger partial charge in [0.05, 0.1) is 29.4 Å². The van der Waals surface area contributed by atoms with Crippen LogP contribution in [0.2, 0.25) is 5.02 Å². The predicted molar refractivity (Wildman–Crippen MR) is 146 cm³/mol. The Hall–Kier alpha value is -4.30. The molecule has 0 spiro atoms. The number of imidazole rings is 1. The van der Waals surface area contributed by atoms with Crippen molar-refractivity contribution in [2.24, 2.45) is 10.9 Å². The molecule has 2 atom stereocenters. The van der Waals surface area contributed by atoms with Crippen molar-refractivity contribution in [2.75, 3.05) is 5.32 Å². The number of guanidine groups is 1. The third-order valence-corrected chi connectivity index (χ3v) is 6.10. The number of benzene rings is 2. The summed E-state index contributed by atoms with van der Waals surface area (Å²) in [5.41, 5.74) is 0.575. The van der Waals surface area contributed by atoms with Gasteiger partial charge in [0.2, 0.25) is 5.96 Å². The van der Waals surface area contributed by atoms with Crippen LogP contribution in [-0.2, 0) is 6.54 Å². The minimum Gasteiger partial charge on any atom is -0.347 e. The van der Waals surface area contributed by atoms with Gasteiger partial charge in [0.15, 0.2) is 0 Å². The Kier molecular flexibility index (Phi) is 8.10. The van der Waals surface area contributed by atoms with Crippen LogP contribution >= 0.6 is 23.2 Å². The highest BCUT2D eigenvalue weighted by molar-refractivity contribution is 6.31. The maximum Gasteiger partial charge on any atom is 0.280 e. The largest absolute Gasteiger partial charge is 0.347 e. The van der Waals surface area contributed by atoms with Gasteiger partial charge in [-0.25, -0.2) is 4.98 Å². The van der Waals surface area contributed by atoms with Crippen molar-refractivity contribution in [3.8, 4) is 17.9 Å². The fourth-order valence-electron chi connectivity index (χ4n) is 3.75. The number of rotatable bonds is 6. The first kappa shape index (κ1) is 25.8. The SMILES string of the molecule is CC(Cn1ccnc1)(N/C(=N/C(=O)c1cccc(C#N)c1)Nc1ccc(Cl)cc1)C1C#CC=C(Cl)C=C1. The van der Waals surface area contributed by atoms with Gasteiger partial charge in [0.25, 0.3) is 5.91 Å². The van der Waals surface area contributed by atoms with Crippen LogP contribution in [-0.4, -0.2) is 27.0 Å². The van der Waals surface area contributed by atoms with Crippen molar-refractivity contribution in [3.63, 3.8) is 0 Å². The number of hydrogen-bond acceptors (Lipinski definition) is 3. The molecule has 2 unspecified atom stereocenters. The molecule has 1 aliphatic rings. The van der Waals surface area contributed by atoms with Gasteiger partial charge in [-0.05, 0) is 55.5 Å². The van der Waals surface area contributed by atoms with Crippen molar-refractivity contribution in [1.29, 1.82) is 5.26 Å². The molecule has 184 valence electrons. The standard InChI is InChI=1S/C28H22Cl2N6O/c1-28(18-36-15-14-32-19-36,22-6-3-7-23(29)9-8-22)35-27(33-25-12-10-24(30)11-13-25)34-26(37)21-5-2-4-20(16-21)17-31/h2,4-5,7-16,19,22H,18H2,1H3,(H2,33,34,35,37). The summed E-state index contributed by atoms with van der Waals surface area (Å²) < 4.78 is 1.92. The molecule has 0 bridgehead atoms. The first-order chi connectivity index (χ1) is 17.8. The molecular formula is C28H22Cl2N6O. The van der Waals surface area contributed by atoms with E-state index < -0.39 is 11.4 Å². The number of carbonyl (C=O) groups excluding carboxylic acids is 1. The van der Waals surface area contributed by atoms with Gasteiger partial charge in [0.1, 0.15) is 0 Å². The Labute approximate surface area is 225 Å². The molecular weight excluding hydrogens is 507 g/mol. The third-order valence-electron chi connectivity index (χ3n) is 5.62. The van der Waals surface area contributed by atoms with Crippen molar-refractivity contribution >= 4 is 40.8 Å². The van der Waals surface area contributed by atoms with Crippen LogP contribution < -0.4 is 10.6 Å². The van der Waals surface area contributed by atoms with Crippen molar-refractivity contribution in [3.05, 3.63) is 107 Å². The molecule has 37 heavy (non-hydrogen) atoms. The van der Waals surface area contributed by atoms with Gasteiger partial charge in [-0.2, -0.15) is 10.3 Å². The van der Waals surface area contributed by atoms with Gasteiger partial charge >= 0.3 is 0 Å². The molecule has 1 amide bonds. The van der Waals surface area contributed by atoms with Gasteiger partial charge in [-0.15, -0.1) is 0 Å². The number of aliphatic imine (C=N–C) groups is 1. The highest BCUT2D eigenvalue weighted by atomic mass is 35.5. The second-order valence-corrected chi connectivity index (χ2v) is 9.40. The molecule has 2 N–H and O–H groups in total. The number of allylic oxidation sites excluding steroid dienone is 3. The summed E-state index contributed by atoms with van der Waals surface area (Å²) in [5.74, 6) is 5.60. The maximum absolute atomic E-state index is 13.2. The number of nitrogens with zero attached hydrogens (tertiary/aromatic N) is 4. The topological polar surface area (TPSA) is 95.1 Å². The van der Waals surface area contributed by atoms with E-state index in [-0.39, 0.29) is 17.4 Å². The van der Waals surface area contributed by atoms with E-state index in [1.807, 2.05) is 29.8 Å². The lowest BCUT2D eigenvalue weighted by molar-refractivity contribution is 0.100. The van der Waals surface area contributed by atoms with Crippen LogP contribution in [0, 0.1) is 29.1 Å². The lowest BCUT2D eigenvalue weighted by atomic mass is 9.85. The Bertz CT molecular complexity index is 1470. The van der Waals surface area contributed by atoms with E-state index in [0.717, 1.165) is 0 Å². The summed E-state index contributed by atoms with van der Waals surface area (Å²) in [5, 5.41) is 17.0. The Morgan fingerprint density at radius 1 is 1.27 bits per heavy atom. The number of carbonyl (C=O) groups is 1. The van der Waals surface area contributed by atoms with Gasteiger partial charge in [0, 0.05) is 46.3 Å². The highest BCUT2D eigenvalue weighted by Crippen LogP contribution is 2.24. The quantitative estimate of drug-likeness (QED) is 0.254. The van der Waals surface area contributed by atoms with Crippen LogP contribution in [0.1, 0.15) is 22.8 Å². The zero-order valence-corrected chi connectivity index (χ0v) is 21.3. The number of nitriles is 1. The Morgan fingerprint density at radius 2 is 2.08 bits per heavy atom. The number of hydrogen-bond donors (Lipinski definition) is 2. The average Bonchev–Trinajstić information content (AvgIpc) is 3.29. The second kappa shape index (κ2) is 11.6. The Morgan fingerprint density at radius 3 is 2.81 bits per heavy atom. The first-order valence-electron chi connectivity index (χ1n) is 11.3. The van der Waals surface area contributed by atoms with E-state index in [2.05, 4.69) is 32.5 Å². The summed E-state index contributed by atoms with van der Waals surface area (Å²) in [6.45, 7) is 2.43. The van der Waals surface area contributed by atoms with E-state index >= 15 is 0 Å². The molecule has 3 aromatic rings. The number of aromatic nitrogens is 2. The number of nitrogens with one attached hydrogen (secondary N) is 2. The second-order valence-electron chi connectivity index (χ2n) is 8.52. The molecule has 1 aliphatic carbocycles. The molecule has 0 saturated carbocycles. The molecule has 2 aromatic carbocycles. The zero-order valence-electron chi connectivity index (χ0n) is 19.8. The molecule has 1 aromatic heterocycles. The zero-order chi connectivity index (χ0) is 26.3. The number of anilines is 1.